The third kappa shape index (κ3) is 3.88. The molecule has 0 bridgehead atoms. The maximum Gasteiger partial charge on any atom is 0.264 e. The van der Waals surface area contributed by atoms with Crippen molar-refractivity contribution in [3.8, 4) is 11.1 Å². The summed E-state index contributed by atoms with van der Waals surface area (Å²) in [7, 11) is 0. The Hall–Kier alpha value is -3.95. The standard InChI is InChI=1S/C23H20F3N5O2/c1-2-18(32)17-10-15(11-31(17)12-19(24)25)23(21(33)29-22(27)30-23)14-6-3-5-13(9-14)16-7-4-8-28-20(16)26/h3-11,19H,2,12H2,1H3,(H3,27,29,30,33)/t23-/m1/s1. The molecule has 0 radical (unpaired) electrons. The number of nitrogens with zero attached hydrogens (tertiary/aromatic N) is 3. The number of Topliss-reactive ketones (excluding diaryl/α,β-unsaturated/α-hetero) is 1. The Morgan fingerprint density at radius 3 is 2.64 bits per heavy atom. The minimum Gasteiger partial charge on any atom is -0.370 e. The summed E-state index contributed by atoms with van der Waals surface area (Å²) in [4.78, 5) is 33.6. The van der Waals surface area contributed by atoms with Crippen LogP contribution < -0.4 is 11.1 Å². The van der Waals surface area contributed by atoms with Crippen molar-refractivity contribution in [3.05, 3.63) is 77.6 Å². The monoisotopic (exact) mass is 455 g/mol. The van der Waals surface area contributed by atoms with E-state index in [2.05, 4.69) is 15.3 Å². The molecule has 0 saturated carbocycles. The lowest BCUT2D eigenvalue weighted by atomic mass is 9.83. The maximum atomic E-state index is 14.3. The maximum absolute atomic E-state index is 14.3. The molecule has 0 fully saturated rings. The van der Waals surface area contributed by atoms with E-state index in [1.54, 1.807) is 37.3 Å². The van der Waals surface area contributed by atoms with Crippen LogP contribution in [0.5, 0.6) is 0 Å². The molecule has 1 atom stereocenters. The fraction of sp³-hybridized carbons (Fsp3) is 0.217. The van der Waals surface area contributed by atoms with E-state index >= 15 is 0 Å². The molecule has 3 aromatic rings. The normalized spacial score (nSPS) is 17.8. The molecule has 0 aliphatic carbocycles. The van der Waals surface area contributed by atoms with Gasteiger partial charge >= 0.3 is 0 Å². The molecule has 3 N–H and O–H groups in total. The van der Waals surface area contributed by atoms with Crippen molar-refractivity contribution in [2.24, 2.45) is 10.7 Å². The molecule has 0 spiro atoms. The van der Waals surface area contributed by atoms with Gasteiger partial charge in [0.25, 0.3) is 12.3 Å². The first kappa shape index (κ1) is 22.3. The Kier molecular flexibility index (Phi) is 5.75. The van der Waals surface area contributed by atoms with Gasteiger partial charge in [0.1, 0.15) is 0 Å². The number of benzene rings is 1. The Balaban J connectivity index is 1.93. The predicted octanol–water partition coefficient (Wildman–Crippen LogP) is 3.24. The summed E-state index contributed by atoms with van der Waals surface area (Å²) in [5.41, 5.74) is 5.27. The van der Waals surface area contributed by atoms with Crippen molar-refractivity contribution in [2.75, 3.05) is 0 Å². The number of nitrogens with two attached hydrogens (primary N) is 1. The highest BCUT2D eigenvalue weighted by Crippen LogP contribution is 2.39. The number of halogens is 3. The first-order valence-corrected chi connectivity index (χ1v) is 10.2. The molecule has 170 valence electrons. The van der Waals surface area contributed by atoms with Crippen LogP contribution in [-0.2, 0) is 16.9 Å². The number of pyridine rings is 1. The molecule has 1 aromatic carbocycles. The number of guanidine groups is 1. The third-order valence-corrected chi connectivity index (χ3v) is 5.46. The molecule has 3 heterocycles. The second-order valence-electron chi connectivity index (χ2n) is 7.52. The molecular formula is C23H20F3N5O2. The second-order valence-corrected chi connectivity index (χ2v) is 7.52. The van der Waals surface area contributed by atoms with Crippen LogP contribution in [0.2, 0.25) is 0 Å². The number of aliphatic imine (C=N–C) groups is 1. The van der Waals surface area contributed by atoms with Crippen molar-refractivity contribution >= 4 is 17.6 Å². The SMILES string of the molecule is CCC(=O)c1cc([C@@]2(c3cccc(-c4cccnc4F)c3)N=C(N)NC2=O)cn1CC(F)F. The lowest BCUT2D eigenvalue weighted by molar-refractivity contribution is -0.122. The summed E-state index contributed by atoms with van der Waals surface area (Å²) in [6.07, 6.45) is 0.00563. The van der Waals surface area contributed by atoms with Gasteiger partial charge in [-0.2, -0.15) is 4.39 Å². The Bertz CT molecular complexity index is 1270. The fourth-order valence-corrected chi connectivity index (χ4v) is 3.96. The lowest BCUT2D eigenvalue weighted by Gasteiger charge is -2.24. The van der Waals surface area contributed by atoms with Crippen molar-refractivity contribution < 1.29 is 22.8 Å². The van der Waals surface area contributed by atoms with Crippen LogP contribution in [0.4, 0.5) is 13.2 Å². The fourth-order valence-electron chi connectivity index (χ4n) is 3.96. The van der Waals surface area contributed by atoms with Gasteiger partial charge in [-0.3, -0.25) is 14.9 Å². The first-order valence-electron chi connectivity index (χ1n) is 10.2. The van der Waals surface area contributed by atoms with E-state index < -0.39 is 30.4 Å². The van der Waals surface area contributed by atoms with E-state index in [0.29, 0.717) is 11.1 Å². The summed E-state index contributed by atoms with van der Waals surface area (Å²) in [6, 6.07) is 10.9. The van der Waals surface area contributed by atoms with Crippen LogP contribution in [0.3, 0.4) is 0 Å². The highest BCUT2D eigenvalue weighted by molar-refractivity contribution is 6.09. The van der Waals surface area contributed by atoms with Crippen LogP contribution in [0.25, 0.3) is 11.1 Å². The van der Waals surface area contributed by atoms with Crippen LogP contribution in [-0.4, -0.2) is 33.6 Å². The van der Waals surface area contributed by atoms with Gasteiger partial charge in [0, 0.05) is 29.9 Å². The summed E-state index contributed by atoms with van der Waals surface area (Å²) in [5, 5.41) is 2.45. The zero-order chi connectivity index (χ0) is 23.8. The average molecular weight is 455 g/mol. The summed E-state index contributed by atoms with van der Waals surface area (Å²) >= 11 is 0. The van der Waals surface area contributed by atoms with E-state index in [0.717, 1.165) is 4.57 Å². The van der Waals surface area contributed by atoms with Crippen molar-refractivity contribution in [1.82, 2.24) is 14.9 Å². The van der Waals surface area contributed by atoms with Crippen molar-refractivity contribution in [1.29, 1.82) is 0 Å². The molecule has 0 unspecified atom stereocenters. The largest absolute Gasteiger partial charge is 0.370 e. The average Bonchev–Trinajstić information content (AvgIpc) is 3.33. The lowest BCUT2D eigenvalue weighted by Crippen LogP contribution is -2.39. The number of rotatable bonds is 7. The van der Waals surface area contributed by atoms with E-state index in [9.17, 15) is 22.8 Å². The highest BCUT2D eigenvalue weighted by Gasteiger charge is 2.48. The molecule has 1 aliphatic rings. The van der Waals surface area contributed by atoms with Crippen LogP contribution >= 0.6 is 0 Å². The molecular weight excluding hydrogens is 435 g/mol. The zero-order valence-electron chi connectivity index (χ0n) is 17.6. The van der Waals surface area contributed by atoms with Crippen LogP contribution in [0, 0.1) is 5.95 Å². The molecule has 1 amide bonds. The molecule has 7 nitrogen and oxygen atoms in total. The molecule has 4 rings (SSSR count). The van der Waals surface area contributed by atoms with Gasteiger partial charge in [0.15, 0.2) is 17.3 Å². The van der Waals surface area contributed by atoms with Crippen LogP contribution in [0.15, 0.2) is 59.9 Å². The molecule has 0 saturated heterocycles. The second kappa shape index (κ2) is 8.53. The van der Waals surface area contributed by atoms with Gasteiger partial charge in [0.2, 0.25) is 5.95 Å². The molecule has 10 heteroatoms. The number of hydrogen-bond acceptors (Lipinski definition) is 5. The predicted molar refractivity (Wildman–Crippen MR) is 115 cm³/mol. The first-order chi connectivity index (χ1) is 15.8. The smallest absolute Gasteiger partial charge is 0.264 e. The van der Waals surface area contributed by atoms with Crippen molar-refractivity contribution in [3.63, 3.8) is 0 Å². The number of amides is 1. The minimum atomic E-state index is -2.72. The molecule has 33 heavy (non-hydrogen) atoms. The quantitative estimate of drug-likeness (QED) is 0.422. The topological polar surface area (TPSA) is 102 Å². The number of carbonyl (C=O) groups excluding carboxylic acids is 2. The number of ketones is 1. The third-order valence-electron chi connectivity index (χ3n) is 5.46. The van der Waals surface area contributed by atoms with Gasteiger partial charge < -0.3 is 10.3 Å². The highest BCUT2D eigenvalue weighted by atomic mass is 19.3. The van der Waals surface area contributed by atoms with Crippen LogP contribution in [0.1, 0.15) is 35.0 Å². The van der Waals surface area contributed by atoms with Gasteiger partial charge in [0.05, 0.1) is 12.2 Å². The number of alkyl halides is 2. The van der Waals surface area contributed by atoms with E-state index in [-0.39, 0.29) is 35.0 Å². The summed E-state index contributed by atoms with van der Waals surface area (Å²) < 4.78 is 41.8. The number of carbonyl (C=O) groups is 2. The number of aromatic nitrogens is 2. The van der Waals surface area contributed by atoms with E-state index in [1.165, 1.54) is 24.5 Å². The summed E-state index contributed by atoms with van der Waals surface area (Å²) in [5.74, 6) is -1.84. The van der Waals surface area contributed by atoms with Crippen molar-refractivity contribution in [2.45, 2.75) is 31.9 Å². The van der Waals surface area contributed by atoms with E-state index in [4.69, 9.17) is 5.73 Å². The van der Waals surface area contributed by atoms with Gasteiger partial charge in [-0.25, -0.2) is 18.8 Å². The Morgan fingerprint density at radius 1 is 1.21 bits per heavy atom. The van der Waals surface area contributed by atoms with Gasteiger partial charge in [-0.1, -0.05) is 25.1 Å². The summed E-state index contributed by atoms with van der Waals surface area (Å²) in [6.45, 7) is 0.890. The molecule has 2 aromatic heterocycles. The number of nitrogens with one attached hydrogen (secondary N) is 1. The Morgan fingerprint density at radius 2 is 2.00 bits per heavy atom. The minimum absolute atomic E-state index is 0.0371. The van der Waals surface area contributed by atoms with E-state index in [1.807, 2.05) is 0 Å². The van der Waals surface area contributed by atoms with Gasteiger partial charge in [-0.05, 0) is 35.4 Å². The Labute approximate surface area is 187 Å². The van der Waals surface area contributed by atoms with Gasteiger partial charge in [-0.15, -0.1) is 0 Å². The molecule has 1 aliphatic heterocycles. The number of hydrogen-bond donors (Lipinski definition) is 2. The zero-order valence-corrected chi connectivity index (χ0v) is 17.6.